The molecule has 1 saturated heterocycles. The number of amides is 1. The number of aliphatic carboxylic acids is 1. The van der Waals surface area contributed by atoms with Gasteiger partial charge in [-0.25, -0.2) is 8.42 Å². The molecule has 0 bridgehead atoms. The second-order valence-electron chi connectivity index (χ2n) is 6.14. The summed E-state index contributed by atoms with van der Waals surface area (Å²) in [6, 6.07) is 4.39. The van der Waals surface area contributed by atoms with Crippen molar-refractivity contribution in [3.8, 4) is 0 Å². The smallest absolute Gasteiger partial charge is 0.325 e. The summed E-state index contributed by atoms with van der Waals surface area (Å²) in [4.78, 5) is 22.8. The normalized spacial score (nSPS) is 23.0. The second-order valence-corrected chi connectivity index (χ2v) is 8.08. The number of nitrogens with zero attached hydrogens (tertiary/aromatic N) is 1. The van der Waals surface area contributed by atoms with Crippen LogP contribution in [-0.4, -0.2) is 61.0 Å². The molecule has 1 fully saturated rings. The van der Waals surface area contributed by atoms with Crippen LogP contribution in [0.3, 0.4) is 0 Å². The highest BCUT2D eigenvalue weighted by Crippen LogP contribution is 2.21. The van der Waals surface area contributed by atoms with Gasteiger partial charge in [0.15, 0.2) is 0 Å². The summed E-state index contributed by atoms with van der Waals surface area (Å²) in [7, 11) is -3.68. The molecule has 0 spiro atoms. The largest absolute Gasteiger partial charge is 0.480 e. The second kappa shape index (κ2) is 7.51. The number of benzene rings is 1. The van der Waals surface area contributed by atoms with Crippen molar-refractivity contribution < 1.29 is 27.9 Å². The average Bonchev–Trinajstić information content (AvgIpc) is 2.53. The summed E-state index contributed by atoms with van der Waals surface area (Å²) in [6.07, 6.45) is -0.387. The van der Waals surface area contributed by atoms with Crippen molar-refractivity contribution in [3.63, 3.8) is 0 Å². The third kappa shape index (κ3) is 4.56. The molecule has 1 aliphatic rings. The molecule has 1 amide bonds. The number of ether oxygens (including phenoxy) is 1. The van der Waals surface area contributed by atoms with E-state index in [1.165, 1.54) is 35.5 Å². The van der Waals surface area contributed by atoms with Crippen molar-refractivity contribution in [2.24, 2.45) is 0 Å². The number of carbonyl (C=O) groups is 2. The SMILES string of the molecule is CC1CN(S(=O)(=O)c2ccc(C(=O)N[C@@H](C)C(=O)O)cc2)CC(C)O1. The molecular formula is C16H22N2O6S. The van der Waals surface area contributed by atoms with Crippen LogP contribution in [0.5, 0.6) is 0 Å². The van der Waals surface area contributed by atoms with Crippen LogP contribution in [-0.2, 0) is 19.6 Å². The van der Waals surface area contributed by atoms with Crippen molar-refractivity contribution in [2.75, 3.05) is 13.1 Å². The summed E-state index contributed by atoms with van der Waals surface area (Å²) in [5, 5.41) is 11.1. The van der Waals surface area contributed by atoms with Gasteiger partial charge in [0, 0.05) is 18.7 Å². The predicted molar refractivity (Wildman–Crippen MR) is 89.8 cm³/mol. The Bertz CT molecular complexity index is 736. The number of hydrogen-bond acceptors (Lipinski definition) is 5. The zero-order valence-corrected chi connectivity index (χ0v) is 15.1. The van der Waals surface area contributed by atoms with E-state index in [1.807, 2.05) is 13.8 Å². The van der Waals surface area contributed by atoms with Crippen LogP contribution in [0, 0.1) is 0 Å². The maximum Gasteiger partial charge on any atom is 0.325 e. The number of carboxylic acids is 1. The van der Waals surface area contributed by atoms with Crippen LogP contribution < -0.4 is 5.32 Å². The maximum atomic E-state index is 12.7. The average molecular weight is 370 g/mol. The fourth-order valence-corrected chi connectivity index (χ4v) is 4.19. The topological polar surface area (TPSA) is 113 Å². The van der Waals surface area contributed by atoms with Crippen molar-refractivity contribution in [2.45, 2.75) is 43.9 Å². The minimum absolute atomic E-state index is 0.0802. The van der Waals surface area contributed by atoms with Crippen molar-refractivity contribution in [1.29, 1.82) is 0 Å². The number of morpholine rings is 1. The molecule has 0 saturated carbocycles. The Morgan fingerprint density at radius 2 is 1.72 bits per heavy atom. The Morgan fingerprint density at radius 3 is 2.20 bits per heavy atom. The van der Waals surface area contributed by atoms with E-state index in [1.54, 1.807) is 0 Å². The van der Waals surface area contributed by atoms with E-state index in [4.69, 9.17) is 9.84 Å². The number of carbonyl (C=O) groups excluding carboxylic acids is 1. The molecule has 2 rings (SSSR count). The fourth-order valence-electron chi connectivity index (χ4n) is 2.60. The highest BCUT2D eigenvalue weighted by molar-refractivity contribution is 7.89. The molecule has 8 nitrogen and oxygen atoms in total. The Balaban J connectivity index is 2.15. The number of rotatable bonds is 5. The third-order valence-corrected chi connectivity index (χ3v) is 5.70. The summed E-state index contributed by atoms with van der Waals surface area (Å²) in [6.45, 7) is 5.51. The summed E-state index contributed by atoms with van der Waals surface area (Å²) < 4.78 is 32.4. The van der Waals surface area contributed by atoms with Gasteiger partial charge in [-0.2, -0.15) is 4.31 Å². The molecule has 2 unspecified atom stereocenters. The van der Waals surface area contributed by atoms with Crippen LogP contribution in [0.2, 0.25) is 0 Å². The van der Waals surface area contributed by atoms with Crippen LogP contribution in [0.15, 0.2) is 29.2 Å². The fraction of sp³-hybridized carbons (Fsp3) is 0.500. The van der Waals surface area contributed by atoms with E-state index in [0.717, 1.165) is 0 Å². The molecule has 9 heteroatoms. The quantitative estimate of drug-likeness (QED) is 0.788. The monoisotopic (exact) mass is 370 g/mol. The third-order valence-electron chi connectivity index (χ3n) is 3.86. The van der Waals surface area contributed by atoms with E-state index >= 15 is 0 Å². The Morgan fingerprint density at radius 1 is 1.20 bits per heavy atom. The molecule has 1 aliphatic heterocycles. The first-order valence-electron chi connectivity index (χ1n) is 7.90. The summed E-state index contributed by atoms with van der Waals surface area (Å²) >= 11 is 0. The first-order valence-corrected chi connectivity index (χ1v) is 9.34. The summed E-state index contributed by atoms with van der Waals surface area (Å²) in [5.41, 5.74) is 0.191. The van der Waals surface area contributed by atoms with Gasteiger partial charge >= 0.3 is 5.97 Å². The minimum Gasteiger partial charge on any atom is -0.480 e. The molecule has 0 radical (unpaired) electrons. The zero-order chi connectivity index (χ0) is 18.8. The van der Waals surface area contributed by atoms with Gasteiger partial charge in [0.25, 0.3) is 5.91 Å². The molecule has 1 aromatic carbocycles. The lowest BCUT2D eigenvalue weighted by molar-refractivity contribution is -0.138. The van der Waals surface area contributed by atoms with Crippen LogP contribution in [0.1, 0.15) is 31.1 Å². The number of hydrogen-bond donors (Lipinski definition) is 2. The van der Waals surface area contributed by atoms with Crippen LogP contribution in [0.25, 0.3) is 0 Å². The van der Waals surface area contributed by atoms with E-state index in [2.05, 4.69) is 5.32 Å². The molecule has 1 aromatic rings. The van der Waals surface area contributed by atoms with Gasteiger partial charge in [-0.1, -0.05) is 0 Å². The first kappa shape index (κ1) is 19.4. The highest BCUT2D eigenvalue weighted by Gasteiger charge is 2.32. The van der Waals surface area contributed by atoms with Gasteiger partial charge in [-0.05, 0) is 45.0 Å². The van der Waals surface area contributed by atoms with Crippen molar-refractivity contribution >= 4 is 21.9 Å². The van der Waals surface area contributed by atoms with E-state index in [-0.39, 0.29) is 35.8 Å². The van der Waals surface area contributed by atoms with E-state index in [9.17, 15) is 18.0 Å². The molecule has 1 heterocycles. The minimum atomic E-state index is -3.68. The Labute approximate surface area is 146 Å². The Hall–Kier alpha value is -1.97. The van der Waals surface area contributed by atoms with Gasteiger partial charge in [-0.15, -0.1) is 0 Å². The number of sulfonamides is 1. The van der Waals surface area contributed by atoms with Crippen LogP contribution >= 0.6 is 0 Å². The van der Waals surface area contributed by atoms with Gasteiger partial charge in [0.1, 0.15) is 6.04 Å². The van der Waals surface area contributed by atoms with E-state index < -0.39 is 27.9 Å². The van der Waals surface area contributed by atoms with Gasteiger partial charge in [0.05, 0.1) is 17.1 Å². The van der Waals surface area contributed by atoms with E-state index in [0.29, 0.717) is 0 Å². The number of carboxylic acid groups (broad SMARTS) is 1. The van der Waals surface area contributed by atoms with Gasteiger partial charge in [0.2, 0.25) is 10.0 Å². The van der Waals surface area contributed by atoms with Gasteiger partial charge in [-0.3, -0.25) is 9.59 Å². The lowest BCUT2D eigenvalue weighted by Gasteiger charge is -2.34. The Kier molecular flexibility index (Phi) is 5.81. The molecule has 25 heavy (non-hydrogen) atoms. The maximum absolute atomic E-state index is 12.7. The van der Waals surface area contributed by atoms with Gasteiger partial charge < -0.3 is 15.2 Å². The molecule has 2 N–H and O–H groups in total. The first-order chi connectivity index (χ1) is 11.6. The van der Waals surface area contributed by atoms with Crippen molar-refractivity contribution in [3.05, 3.63) is 29.8 Å². The zero-order valence-electron chi connectivity index (χ0n) is 14.3. The molecule has 0 aliphatic carbocycles. The lowest BCUT2D eigenvalue weighted by atomic mass is 10.2. The predicted octanol–water partition coefficient (Wildman–Crippen LogP) is 0.687. The molecule has 0 aromatic heterocycles. The van der Waals surface area contributed by atoms with Crippen molar-refractivity contribution in [1.82, 2.24) is 9.62 Å². The molecule has 138 valence electrons. The lowest BCUT2D eigenvalue weighted by Crippen LogP contribution is -2.48. The number of nitrogens with one attached hydrogen (secondary N) is 1. The highest BCUT2D eigenvalue weighted by atomic mass is 32.2. The molecular weight excluding hydrogens is 348 g/mol. The standard InChI is InChI=1S/C16H22N2O6S/c1-10-8-18(9-11(2)24-10)25(22,23)14-6-4-13(5-7-14)15(19)17-12(3)16(20)21/h4-7,10-12H,8-9H2,1-3H3,(H,17,19)(H,20,21)/t10?,11?,12-/m0/s1. The molecule has 3 atom stereocenters. The summed E-state index contributed by atoms with van der Waals surface area (Å²) in [5.74, 6) is -1.73. The van der Waals surface area contributed by atoms with Crippen LogP contribution in [0.4, 0.5) is 0 Å².